The lowest BCUT2D eigenvalue weighted by atomic mass is 10.3. The van der Waals surface area contributed by atoms with Crippen LogP contribution in [0.1, 0.15) is 11.3 Å². The van der Waals surface area contributed by atoms with Crippen molar-refractivity contribution in [3.05, 3.63) is 11.3 Å². The second kappa shape index (κ2) is 3.50. The van der Waals surface area contributed by atoms with Crippen LogP contribution in [0.25, 0.3) is 0 Å². The van der Waals surface area contributed by atoms with Crippen LogP contribution in [0.3, 0.4) is 0 Å². The van der Waals surface area contributed by atoms with Crippen LogP contribution < -0.4 is 0 Å². The van der Waals surface area contributed by atoms with Crippen molar-refractivity contribution < 1.29 is 0 Å². The maximum Gasteiger partial charge on any atom is 0.0980 e. The summed E-state index contributed by atoms with van der Waals surface area (Å²) in [4.78, 5) is 0. The number of hydrogen-bond donors (Lipinski definition) is 0. The molecule has 1 rings (SSSR count). The molecule has 0 saturated carbocycles. The molecule has 0 radical (unpaired) electrons. The summed E-state index contributed by atoms with van der Waals surface area (Å²) in [6, 6.07) is 0. The van der Waals surface area contributed by atoms with E-state index in [4.69, 9.17) is 11.6 Å². The average molecular weight is 191 g/mol. The van der Waals surface area contributed by atoms with Crippen LogP contribution in [0.5, 0.6) is 0 Å². The highest BCUT2D eigenvalue weighted by molar-refractivity contribution is 7.98. The Morgan fingerprint density at radius 3 is 2.64 bits per heavy atom. The summed E-state index contributed by atoms with van der Waals surface area (Å²) in [5.74, 6) is 0.551. The summed E-state index contributed by atoms with van der Waals surface area (Å²) in [6.07, 6.45) is 2.03. The van der Waals surface area contributed by atoms with Gasteiger partial charge in [0.15, 0.2) is 0 Å². The number of hydrogen-bond acceptors (Lipinski definition) is 2. The number of aromatic nitrogens is 2. The van der Waals surface area contributed by atoms with Crippen molar-refractivity contribution in [2.24, 2.45) is 7.05 Å². The van der Waals surface area contributed by atoms with Gasteiger partial charge in [-0.05, 0) is 13.2 Å². The van der Waals surface area contributed by atoms with Gasteiger partial charge in [0.25, 0.3) is 0 Å². The Kier molecular flexibility index (Phi) is 2.84. The number of thioether (sulfide) groups is 1. The Morgan fingerprint density at radius 1 is 1.64 bits per heavy atom. The summed E-state index contributed by atoms with van der Waals surface area (Å²) in [7, 11) is 1.94. The van der Waals surface area contributed by atoms with Crippen molar-refractivity contribution in [3.8, 4) is 0 Å². The highest BCUT2D eigenvalue weighted by Crippen LogP contribution is 2.23. The molecule has 0 saturated heterocycles. The third kappa shape index (κ3) is 1.54. The predicted octanol–water partition coefficient (Wildman–Crippen LogP) is 2.19. The van der Waals surface area contributed by atoms with Gasteiger partial charge in [0.05, 0.1) is 16.6 Å². The van der Waals surface area contributed by atoms with Gasteiger partial charge >= 0.3 is 0 Å². The zero-order chi connectivity index (χ0) is 8.43. The molecule has 0 aliphatic rings. The summed E-state index contributed by atoms with van der Waals surface area (Å²) >= 11 is 7.45. The number of halogens is 1. The second-order valence-electron chi connectivity index (χ2n) is 2.33. The SMILES string of the molecule is CSc1c(CCl)c(C)nn1C. The molecule has 11 heavy (non-hydrogen) atoms. The molecule has 0 aromatic carbocycles. The van der Waals surface area contributed by atoms with Gasteiger partial charge < -0.3 is 0 Å². The Labute approximate surface area is 75.9 Å². The van der Waals surface area contributed by atoms with Crippen molar-refractivity contribution in [2.75, 3.05) is 6.26 Å². The predicted molar refractivity (Wildman–Crippen MR) is 49.3 cm³/mol. The molecule has 0 atom stereocenters. The van der Waals surface area contributed by atoms with Gasteiger partial charge in [-0.3, -0.25) is 4.68 Å². The standard InChI is InChI=1S/C7H11ClN2S/c1-5-6(4-8)7(11-3)10(2)9-5/h4H2,1-3H3. The summed E-state index contributed by atoms with van der Waals surface area (Å²) < 4.78 is 1.87. The van der Waals surface area contributed by atoms with E-state index in [1.165, 1.54) is 0 Å². The average Bonchev–Trinajstić information content (AvgIpc) is 2.24. The van der Waals surface area contributed by atoms with Gasteiger partial charge in [-0.25, -0.2) is 0 Å². The molecule has 0 N–H and O–H groups in total. The van der Waals surface area contributed by atoms with E-state index >= 15 is 0 Å². The number of rotatable bonds is 2. The summed E-state index contributed by atoms with van der Waals surface area (Å²) in [5, 5.41) is 5.43. The quantitative estimate of drug-likeness (QED) is 0.526. The van der Waals surface area contributed by atoms with Crippen LogP contribution in [0.15, 0.2) is 5.03 Å². The Morgan fingerprint density at radius 2 is 2.27 bits per heavy atom. The third-order valence-corrected chi connectivity index (χ3v) is 2.78. The number of aryl methyl sites for hydroxylation is 2. The first-order valence-electron chi connectivity index (χ1n) is 3.33. The van der Waals surface area contributed by atoms with E-state index in [1.54, 1.807) is 11.8 Å². The third-order valence-electron chi connectivity index (χ3n) is 1.62. The van der Waals surface area contributed by atoms with Crippen LogP contribution in [0.4, 0.5) is 0 Å². The zero-order valence-corrected chi connectivity index (χ0v) is 8.46. The number of nitrogens with zero attached hydrogens (tertiary/aromatic N) is 2. The molecule has 0 fully saturated rings. The highest BCUT2D eigenvalue weighted by Gasteiger charge is 2.09. The molecule has 1 heterocycles. The van der Waals surface area contributed by atoms with Crippen LogP contribution in [0.2, 0.25) is 0 Å². The molecule has 62 valence electrons. The minimum absolute atomic E-state index is 0.551. The lowest BCUT2D eigenvalue weighted by Crippen LogP contribution is -1.91. The normalized spacial score (nSPS) is 10.5. The Balaban J connectivity index is 3.17. The second-order valence-corrected chi connectivity index (χ2v) is 3.39. The smallest absolute Gasteiger partial charge is 0.0980 e. The van der Waals surface area contributed by atoms with E-state index in [-0.39, 0.29) is 0 Å². The molecule has 1 aromatic rings. The molecule has 2 nitrogen and oxygen atoms in total. The summed E-state index contributed by atoms with van der Waals surface area (Å²) in [5.41, 5.74) is 2.19. The van der Waals surface area contributed by atoms with Crippen molar-refractivity contribution in [3.63, 3.8) is 0 Å². The van der Waals surface area contributed by atoms with Crippen molar-refractivity contribution in [1.82, 2.24) is 9.78 Å². The lowest BCUT2D eigenvalue weighted by molar-refractivity contribution is 0.691. The van der Waals surface area contributed by atoms with Gasteiger partial charge in [0.1, 0.15) is 0 Å². The van der Waals surface area contributed by atoms with Crippen molar-refractivity contribution >= 4 is 23.4 Å². The maximum atomic E-state index is 5.76. The minimum atomic E-state index is 0.551. The first-order valence-corrected chi connectivity index (χ1v) is 5.09. The van der Waals surface area contributed by atoms with Crippen LogP contribution in [-0.2, 0) is 12.9 Å². The molecule has 0 aliphatic heterocycles. The summed E-state index contributed by atoms with van der Waals surface area (Å²) in [6.45, 7) is 1.98. The zero-order valence-electron chi connectivity index (χ0n) is 6.89. The van der Waals surface area contributed by atoms with Gasteiger partial charge in [-0.1, -0.05) is 0 Å². The van der Waals surface area contributed by atoms with Gasteiger partial charge in [0.2, 0.25) is 0 Å². The monoisotopic (exact) mass is 190 g/mol. The minimum Gasteiger partial charge on any atom is -0.262 e. The van der Waals surface area contributed by atoms with Gasteiger partial charge in [-0.15, -0.1) is 23.4 Å². The van der Waals surface area contributed by atoms with Crippen LogP contribution in [0, 0.1) is 6.92 Å². The van der Waals surface area contributed by atoms with E-state index in [0.717, 1.165) is 16.3 Å². The molecule has 0 amide bonds. The maximum absolute atomic E-state index is 5.76. The first-order chi connectivity index (χ1) is 5.20. The van der Waals surface area contributed by atoms with E-state index < -0.39 is 0 Å². The molecule has 0 bridgehead atoms. The first kappa shape index (κ1) is 8.94. The van der Waals surface area contributed by atoms with E-state index in [0.29, 0.717) is 5.88 Å². The highest BCUT2D eigenvalue weighted by atomic mass is 35.5. The van der Waals surface area contributed by atoms with Crippen LogP contribution >= 0.6 is 23.4 Å². The van der Waals surface area contributed by atoms with E-state index in [1.807, 2.05) is 24.9 Å². The topological polar surface area (TPSA) is 17.8 Å². The Bertz CT molecular complexity index is 233. The van der Waals surface area contributed by atoms with E-state index in [9.17, 15) is 0 Å². The van der Waals surface area contributed by atoms with Crippen LogP contribution in [-0.4, -0.2) is 16.0 Å². The molecule has 0 aliphatic carbocycles. The van der Waals surface area contributed by atoms with E-state index in [2.05, 4.69) is 5.10 Å². The lowest BCUT2D eigenvalue weighted by Gasteiger charge is -1.97. The number of alkyl halides is 1. The molecular weight excluding hydrogens is 180 g/mol. The largest absolute Gasteiger partial charge is 0.262 e. The van der Waals surface area contributed by atoms with Gasteiger partial charge in [-0.2, -0.15) is 5.10 Å². The molecule has 1 aromatic heterocycles. The van der Waals surface area contributed by atoms with Crippen molar-refractivity contribution in [1.29, 1.82) is 0 Å². The molecule has 0 unspecified atom stereocenters. The molecule has 4 heteroatoms. The fourth-order valence-electron chi connectivity index (χ4n) is 1.09. The molecular formula is C7H11ClN2S. The molecule has 0 spiro atoms. The Hall–Kier alpha value is -0.150. The van der Waals surface area contributed by atoms with Gasteiger partial charge in [0, 0.05) is 12.6 Å². The fraction of sp³-hybridized carbons (Fsp3) is 0.571. The van der Waals surface area contributed by atoms with Crippen molar-refractivity contribution in [2.45, 2.75) is 17.8 Å². The fourth-order valence-corrected chi connectivity index (χ4v) is 2.26.